The summed E-state index contributed by atoms with van der Waals surface area (Å²) in [6.07, 6.45) is 0. The van der Waals surface area contributed by atoms with E-state index in [9.17, 15) is 4.79 Å². The molecule has 2 rings (SSSR count). The van der Waals surface area contributed by atoms with Gasteiger partial charge in [-0.05, 0) is 17.7 Å². The fourth-order valence-corrected chi connectivity index (χ4v) is 2.54. The molecule has 0 aliphatic rings. The number of carbonyl (C=O) groups excluding carboxylic acids is 1. The summed E-state index contributed by atoms with van der Waals surface area (Å²) in [6.45, 7) is 2.25. The molecule has 0 aliphatic carbocycles. The van der Waals surface area contributed by atoms with E-state index in [0.717, 1.165) is 23.0 Å². The van der Waals surface area contributed by atoms with Gasteiger partial charge < -0.3 is 9.64 Å². The summed E-state index contributed by atoms with van der Waals surface area (Å²) >= 11 is 1.48. The molecule has 19 heavy (non-hydrogen) atoms. The van der Waals surface area contributed by atoms with Crippen LogP contribution in [0.1, 0.15) is 23.0 Å². The second-order valence-corrected chi connectivity index (χ2v) is 5.12. The maximum atomic E-state index is 11.2. The zero-order valence-corrected chi connectivity index (χ0v) is 12.0. The summed E-state index contributed by atoms with van der Waals surface area (Å²) in [6, 6.07) is 7.92. The van der Waals surface area contributed by atoms with Crippen molar-refractivity contribution in [3.8, 4) is 5.75 Å². The van der Waals surface area contributed by atoms with Crippen molar-refractivity contribution < 1.29 is 9.53 Å². The van der Waals surface area contributed by atoms with Gasteiger partial charge in [0.1, 0.15) is 11.4 Å². The highest BCUT2D eigenvalue weighted by Crippen LogP contribution is 2.22. The van der Waals surface area contributed by atoms with E-state index in [0.29, 0.717) is 5.69 Å². The van der Waals surface area contributed by atoms with Crippen molar-refractivity contribution >= 4 is 22.3 Å². The highest BCUT2D eigenvalue weighted by atomic mass is 32.1. The molecular formula is C14H16N2O2S. The van der Waals surface area contributed by atoms with E-state index in [4.69, 9.17) is 4.74 Å². The van der Waals surface area contributed by atoms with Gasteiger partial charge in [-0.15, -0.1) is 11.3 Å². The van der Waals surface area contributed by atoms with Gasteiger partial charge in [0.2, 0.25) is 0 Å². The number of benzene rings is 1. The van der Waals surface area contributed by atoms with E-state index >= 15 is 0 Å². The Morgan fingerprint density at radius 3 is 2.89 bits per heavy atom. The van der Waals surface area contributed by atoms with Crippen molar-refractivity contribution in [2.45, 2.75) is 13.5 Å². The molecule has 1 aromatic heterocycles. The molecule has 4 nitrogen and oxygen atoms in total. The molecule has 0 fully saturated rings. The van der Waals surface area contributed by atoms with Crippen LogP contribution in [0.5, 0.6) is 5.75 Å². The molecule has 0 amide bonds. The molecule has 0 bridgehead atoms. The summed E-state index contributed by atoms with van der Waals surface area (Å²) in [5.41, 5.74) is 1.67. The Morgan fingerprint density at radius 1 is 1.47 bits per heavy atom. The average Bonchev–Trinajstić information content (AvgIpc) is 2.89. The zero-order chi connectivity index (χ0) is 13.8. The number of carbonyl (C=O) groups is 1. The number of aromatic nitrogens is 1. The van der Waals surface area contributed by atoms with Crippen molar-refractivity contribution in [3.63, 3.8) is 0 Å². The number of ketones is 1. The summed E-state index contributed by atoms with van der Waals surface area (Å²) in [4.78, 5) is 17.6. The fourth-order valence-electron chi connectivity index (χ4n) is 1.71. The molecule has 1 heterocycles. The lowest BCUT2D eigenvalue weighted by Gasteiger charge is -2.16. The number of ether oxygens (including phenoxy) is 1. The molecule has 2 aromatic rings. The molecule has 0 atom stereocenters. The summed E-state index contributed by atoms with van der Waals surface area (Å²) < 4.78 is 5.20. The molecule has 0 unspecified atom stereocenters. The van der Waals surface area contributed by atoms with Gasteiger partial charge in [-0.25, -0.2) is 4.98 Å². The molecule has 5 heteroatoms. The maximum absolute atomic E-state index is 11.2. The minimum absolute atomic E-state index is 0.00252. The normalized spacial score (nSPS) is 10.3. The fraction of sp³-hybridized carbons (Fsp3) is 0.286. The highest BCUT2D eigenvalue weighted by molar-refractivity contribution is 7.13. The summed E-state index contributed by atoms with van der Waals surface area (Å²) in [5, 5.41) is 2.63. The van der Waals surface area contributed by atoms with Crippen LogP contribution in [0.4, 0.5) is 5.13 Å². The van der Waals surface area contributed by atoms with Crippen LogP contribution >= 0.6 is 11.3 Å². The predicted octanol–water partition coefficient (Wildman–Crippen LogP) is 2.99. The lowest BCUT2D eigenvalue weighted by Crippen LogP contribution is -2.16. The highest BCUT2D eigenvalue weighted by Gasteiger charge is 2.10. The molecular weight excluding hydrogens is 260 g/mol. The first-order valence-electron chi connectivity index (χ1n) is 5.90. The quantitative estimate of drug-likeness (QED) is 0.787. The molecule has 0 aliphatic heterocycles. The summed E-state index contributed by atoms with van der Waals surface area (Å²) in [7, 11) is 3.62. The van der Waals surface area contributed by atoms with E-state index in [1.807, 2.05) is 36.2 Å². The molecule has 100 valence electrons. The monoisotopic (exact) mass is 276 g/mol. The predicted molar refractivity (Wildman–Crippen MR) is 77.2 cm³/mol. The van der Waals surface area contributed by atoms with Crippen LogP contribution in [0, 0.1) is 0 Å². The van der Waals surface area contributed by atoms with Gasteiger partial charge in [-0.2, -0.15) is 0 Å². The van der Waals surface area contributed by atoms with Crippen LogP contribution in [0.25, 0.3) is 0 Å². The van der Waals surface area contributed by atoms with Crippen LogP contribution in [0.2, 0.25) is 0 Å². The lowest BCUT2D eigenvalue weighted by molar-refractivity contribution is 0.101. The minimum atomic E-state index is -0.00252. The van der Waals surface area contributed by atoms with Gasteiger partial charge in [0.25, 0.3) is 0 Å². The third-order valence-corrected chi connectivity index (χ3v) is 3.69. The Bertz CT molecular complexity index is 580. The number of hydrogen-bond acceptors (Lipinski definition) is 5. The second-order valence-electron chi connectivity index (χ2n) is 4.28. The largest absolute Gasteiger partial charge is 0.497 e. The number of Topliss-reactive ketones (excluding diaryl/α,β-unsaturated/α-hetero) is 1. The molecule has 1 aromatic carbocycles. The van der Waals surface area contributed by atoms with Gasteiger partial charge in [-0.1, -0.05) is 12.1 Å². The smallest absolute Gasteiger partial charge is 0.186 e. The molecule has 0 spiro atoms. The number of hydrogen-bond donors (Lipinski definition) is 0. The van der Waals surface area contributed by atoms with Crippen molar-refractivity contribution in [1.82, 2.24) is 4.98 Å². The Kier molecular flexibility index (Phi) is 4.16. The number of methoxy groups -OCH3 is 1. The SMILES string of the molecule is COc1cccc(CN(C)c2nc(C(C)=O)cs2)c1. The number of anilines is 1. The van der Waals surface area contributed by atoms with Gasteiger partial charge in [0.05, 0.1) is 7.11 Å². The third-order valence-electron chi connectivity index (χ3n) is 2.73. The molecule has 0 saturated carbocycles. The number of thiazole rings is 1. The lowest BCUT2D eigenvalue weighted by atomic mass is 10.2. The van der Waals surface area contributed by atoms with E-state index in [-0.39, 0.29) is 5.78 Å². The van der Waals surface area contributed by atoms with Crippen molar-refractivity contribution in [2.75, 3.05) is 19.1 Å². The van der Waals surface area contributed by atoms with Crippen LogP contribution in [-0.2, 0) is 6.54 Å². The topological polar surface area (TPSA) is 42.4 Å². The van der Waals surface area contributed by atoms with E-state index in [1.165, 1.54) is 18.3 Å². The second kappa shape index (κ2) is 5.84. The van der Waals surface area contributed by atoms with Crippen LogP contribution < -0.4 is 9.64 Å². The van der Waals surface area contributed by atoms with E-state index in [2.05, 4.69) is 4.98 Å². The third kappa shape index (κ3) is 3.32. The minimum Gasteiger partial charge on any atom is -0.497 e. The molecule has 0 N–H and O–H groups in total. The van der Waals surface area contributed by atoms with Gasteiger partial charge in [0.15, 0.2) is 10.9 Å². The first kappa shape index (κ1) is 13.5. The Morgan fingerprint density at radius 2 is 2.26 bits per heavy atom. The van der Waals surface area contributed by atoms with Gasteiger partial charge in [-0.3, -0.25) is 4.79 Å². The number of nitrogens with zero attached hydrogens (tertiary/aromatic N) is 2. The molecule has 0 radical (unpaired) electrons. The Labute approximate surface area is 116 Å². The van der Waals surface area contributed by atoms with Crippen LogP contribution in [-0.4, -0.2) is 24.9 Å². The van der Waals surface area contributed by atoms with Crippen molar-refractivity contribution in [2.24, 2.45) is 0 Å². The maximum Gasteiger partial charge on any atom is 0.186 e. The van der Waals surface area contributed by atoms with Gasteiger partial charge >= 0.3 is 0 Å². The van der Waals surface area contributed by atoms with Crippen molar-refractivity contribution in [1.29, 1.82) is 0 Å². The van der Waals surface area contributed by atoms with E-state index in [1.54, 1.807) is 12.5 Å². The van der Waals surface area contributed by atoms with Crippen molar-refractivity contribution in [3.05, 3.63) is 40.9 Å². The van der Waals surface area contributed by atoms with E-state index < -0.39 is 0 Å². The zero-order valence-electron chi connectivity index (χ0n) is 11.2. The summed E-state index contributed by atoms with van der Waals surface area (Å²) in [5.74, 6) is 0.840. The standard InChI is InChI=1S/C14H16N2O2S/c1-10(17)13-9-19-14(15-13)16(2)8-11-5-4-6-12(7-11)18-3/h4-7,9H,8H2,1-3H3. The molecule has 0 saturated heterocycles. The first-order chi connectivity index (χ1) is 9.10. The first-order valence-corrected chi connectivity index (χ1v) is 6.78. The Hall–Kier alpha value is -1.88. The van der Waals surface area contributed by atoms with Crippen LogP contribution in [0.3, 0.4) is 0 Å². The Balaban J connectivity index is 2.10. The average molecular weight is 276 g/mol. The van der Waals surface area contributed by atoms with Crippen LogP contribution in [0.15, 0.2) is 29.6 Å². The number of rotatable bonds is 5. The van der Waals surface area contributed by atoms with Gasteiger partial charge in [0, 0.05) is 25.9 Å².